The fourth-order valence-electron chi connectivity index (χ4n) is 1.18. The minimum absolute atomic E-state index is 0.432. The van der Waals surface area contributed by atoms with Gasteiger partial charge in [0.25, 0.3) is 0 Å². The molecule has 0 spiro atoms. The molecule has 2 aromatic heterocycles. The third-order valence-corrected chi connectivity index (χ3v) is 2.09. The van der Waals surface area contributed by atoms with E-state index in [1.165, 1.54) is 0 Å². The zero-order chi connectivity index (χ0) is 10.5. The molecule has 0 radical (unpaired) electrons. The summed E-state index contributed by atoms with van der Waals surface area (Å²) in [5.74, 6) is 0.803. The quantitative estimate of drug-likeness (QED) is 0.799. The summed E-state index contributed by atoms with van der Waals surface area (Å²) in [6.07, 6.45) is 3.28. The number of furan rings is 1. The Hall–Kier alpha value is -1.32. The third-order valence-electron chi connectivity index (χ3n) is 1.85. The number of pyridine rings is 1. The first-order valence-corrected chi connectivity index (χ1v) is 4.93. The molecule has 0 bridgehead atoms. The molecule has 15 heavy (non-hydrogen) atoms. The standard InChI is InChI=1S/C11H10ClNO2/c12-9-3-4-13-10(6-9)7-14-8-11-2-1-5-15-11/h1-6H,7-8H2. The molecule has 78 valence electrons. The van der Waals surface area contributed by atoms with Crippen LogP contribution >= 0.6 is 11.6 Å². The van der Waals surface area contributed by atoms with E-state index < -0.39 is 0 Å². The van der Waals surface area contributed by atoms with Crippen molar-refractivity contribution in [3.63, 3.8) is 0 Å². The predicted molar refractivity (Wildman–Crippen MR) is 56.4 cm³/mol. The van der Waals surface area contributed by atoms with Gasteiger partial charge in [0, 0.05) is 11.2 Å². The van der Waals surface area contributed by atoms with Crippen LogP contribution in [0.2, 0.25) is 5.02 Å². The maximum Gasteiger partial charge on any atom is 0.129 e. The number of rotatable bonds is 4. The van der Waals surface area contributed by atoms with Gasteiger partial charge in [-0.15, -0.1) is 0 Å². The van der Waals surface area contributed by atoms with E-state index in [-0.39, 0.29) is 0 Å². The molecule has 0 fully saturated rings. The average Bonchev–Trinajstić information content (AvgIpc) is 2.71. The molecule has 3 nitrogen and oxygen atoms in total. The second-order valence-electron chi connectivity index (χ2n) is 3.04. The summed E-state index contributed by atoms with van der Waals surface area (Å²) in [6.45, 7) is 0.877. The van der Waals surface area contributed by atoms with Gasteiger partial charge >= 0.3 is 0 Å². The van der Waals surface area contributed by atoms with Crippen LogP contribution < -0.4 is 0 Å². The first-order valence-electron chi connectivity index (χ1n) is 4.55. The topological polar surface area (TPSA) is 35.3 Å². The first-order chi connectivity index (χ1) is 7.34. The fraction of sp³-hybridized carbons (Fsp3) is 0.182. The van der Waals surface area contributed by atoms with Gasteiger partial charge in [0.2, 0.25) is 0 Å². The molecule has 2 aromatic rings. The monoisotopic (exact) mass is 223 g/mol. The largest absolute Gasteiger partial charge is 0.467 e. The number of hydrogen-bond acceptors (Lipinski definition) is 3. The highest BCUT2D eigenvalue weighted by molar-refractivity contribution is 6.30. The summed E-state index contributed by atoms with van der Waals surface area (Å²) in [5, 5.41) is 0.668. The van der Waals surface area contributed by atoms with Gasteiger partial charge in [0.05, 0.1) is 18.6 Å². The van der Waals surface area contributed by atoms with Crippen LogP contribution in [-0.2, 0) is 18.0 Å². The number of halogens is 1. The zero-order valence-electron chi connectivity index (χ0n) is 8.02. The van der Waals surface area contributed by atoms with Gasteiger partial charge in [0.1, 0.15) is 12.4 Å². The van der Waals surface area contributed by atoms with Gasteiger partial charge in [-0.1, -0.05) is 11.6 Å². The van der Waals surface area contributed by atoms with Gasteiger partial charge in [-0.3, -0.25) is 4.98 Å². The van der Waals surface area contributed by atoms with Crippen LogP contribution in [0.25, 0.3) is 0 Å². The lowest BCUT2D eigenvalue weighted by Crippen LogP contribution is -1.95. The first kappa shape index (κ1) is 10.2. The predicted octanol–water partition coefficient (Wildman–Crippen LogP) is 3.04. The number of hydrogen-bond donors (Lipinski definition) is 0. The Morgan fingerprint density at radius 2 is 2.27 bits per heavy atom. The van der Waals surface area contributed by atoms with E-state index in [0.29, 0.717) is 18.2 Å². The van der Waals surface area contributed by atoms with E-state index in [0.717, 1.165) is 11.5 Å². The SMILES string of the molecule is Clc1ccnc(COCc2ccco2)c1. The summed E-state index contributed by atoms with van der Waals surface area (Å²) in [4.78, 5) is 4.12. The second kappa shape index (κ2) is 4.96. The van der Waals surface area contributed by atoms with Crippen LogP contribution in [0.4, 0.5) is 0 Å². The number of ether oxygens (including phenoxy) is 1. The van der Waals surface area contributed by atoms with Crippen molar-refractivity contribution >= 4 is 11.6 Å². The maximum absolute atomic E-state index is 5.81. The Morgan fingerprint density at radius 3 is 3.00 bits per heavy atom. The van der Waals surface area contributed by atoms with Gasteiger partial charge in [-0.25, -0.2) is 0 Å². The molecule has 0 amide bonds. The summed E-state index contributed by atoms with van der Waals surface area (Å²) in [5.41, 5.74) is 0.814. The van der Waals surface area contributed by atoms with E-state index in [9.17, 15) is 0 Å². The van der Waals surface area contributed by atoms with Crippen molar-refractivity contribution in [3.8, 4) is 0 Å². The molecule has 0 aromatic carbocycles. The minimum atomic E-state index is 0.432. The highest BCUT2D eigenvalue weighted by Crippen LogP contribution is 2.10. The van der Waals surface area contributed by atoms with Crippen LogP contribution in [0.1, 0.15) is 11.5 Å². The Balaban J connectivity index is 1.83. The van der Waals surface area contributed by atoms with Crippen LogP contribution in [0, 0.1) is 0 Å². The Morgan fingerprint density at radius 1 is 1.33 bits per heavy atom. The Bertz CT molecular complexity index is 414. The average molecular weight is 224 g/mol. The van der Waals surface area contributed by atoms with Crippen molar-refractivity contribution in [1.29, 1.82) is 0 Å². The van der Waals surface area contributed by atoms with Gasteiger partial charge in [0.15, 0.2) is 0 Å². The molecule has 2 rings (SSSR count). The summed E-state index contributed by atoms with van der Waals surface area (Å²) >= 11 is 5.81. The van der Waals surface area contributed by atoms with E-state index >= 15 is 0 Å². The van der Waals surface area contributed by atoms with Crippen LogP contribution in [0.3, 0.4) is 0 Å². The number of nitrogens with zero attached hydrogens (tertiary/aromatic N) is 1. The van der Waals surface area contributed by atoms with E-state index in [4.69, 9.17) is 20.8 Å². The molecular formula is C11H10ClNO2. The molecule has 0 atom stereocenters. The summed E-state index contributed by atoms with van der Waals surface area (Å²) in [7, 11) is 0. The molecule has 2 heterocycles. The minimum Gasteiger partial charge on any atom is -0.467 e. The zero-order valence-corrected chi connectivity index (χ0v) is 8.78. The van der Waals surface area contributed by atoms with E-state index in [1.54, 1.807) is 24.6 Å². The van der Waals surface area contributed by atoms with Crippen LogP contribution in [0.5, 0.6) is 0 Å². The molecule has 0 aliphatic carbocycles. The molecule has 0 aliphatic rings. The third kappa shape index (κ3) is 3.08. The van der Waals surface area contributed by atoms with Crippen LogP contribution in [-0.4, -0.2) is 4.98 Å². The maximum atomic E-state index is 5.81. The van der Waals surface area contributed by atoms with Crippen molar-refractivity contribution in [3.05, 3.63) is 53.2 Å². The molecule has 0 saturated heterocycles. The fourth-order valence-corrected chi connectivity index (χ4v) is 1.36. The second-order valence-corrected chi connectivity index (χ2v) is 3.47. The highest BCUT2D eigenvalue weighted by atomic mass is 35.5. The molecule has 0 saturated carbocycles. The van der Waals surface area contributed by atoms with Crippen molar-refractivity contribution in [1.82, 2.24) is 4.98 Å². The number of aromatic nitrogens is 1. The normalized spacial score (nSPS) is 10.5. The van der Waals surface area contributed by atoms with Crippen molar-refractivity contribution in [2.24, 2.45) is 0 Å². The lowest BCUT2D eigenvalue weighted by Gasteiger charge is -2.01. The lowest BCUT2D eigenvalue weighted by molar-refractivity contribution is 0.0906. The Labute approximate surface area is 92.6 Å². The molecule has 0 unspecified atom stereocenters. The Kier molecular flexibility index (Phi) is 3.37. The van der Waals surface area contributed by atoms with Crippen LogP contribution in [0.15, 0.2) is 41.1 Å². The molecule has 4 heteroatoms. The van der Waals surface area contributed by atoms with Crippen molar-refractivity contribution in [2.45, 2.75) is 13.2 Å². The molecule has 0 N–H and O–H groups in total. The van der Waals surface area contributed by atoms with E-state index in [1.807, 2.05) is 12.1 Å². The highest BCUT2D eigenvalue weighted by Gasteiger charge is 1.98. The molecule has 0 aliphatic heterocycles. The lowest BCUT2D eigenvalue weighted by atomic mass is 10.4. The summed E-state index contributed by atoms with van der Waals surface area (Å²) < 4.78 is 10.5. The van der Waals surface area contributed by atoms with E-state index in [2.05, 4.69) is 4.98 Å². The van der Waals surface area contributed by atoms with Gasteiger partial charge in [-0.2, -0.15) is 0 Å². The van der Waals surface area contributed by atoms with Crippen molar-refractivity contribution in [2.75, 3.05) is 0 Å². The summed E-state index contributed by atoms with van der Waals surface area (Å²) in [6, 6.07) is 7.21. The molecular weight excluding hydrogens is 214 g/mol. The van der Waals surface area contributed by atoms with Crippen molar-refractivity contribution < 1.29 is 9.15 Å². The van der Waals surface area contributed by atoms with Gasteiger partial charge < -0.3 is 9.15 Å². The van der Waals surface area contributed by atoms with Gasteiger partial charge in [-0.05, 0) is 24.3 Å². The smallest absolute Gasteiger partial charge is 0.129 e.